The van der Waals surface area contributed by atoms with E-state index in [1.165, 1.54) is 35.2 Å². The number of nitro benzene ring substituents is 1. The van der Waals surface area contributed by atoms with Gasteiger partial charge in [-0.05, 0) is 77.7 Å². The average molecular weight is 1110 g/mol. The Hall–Kier alpha value is -8.60. The lowest BCUT2D eigenvalue weighted by Crippen LogP contribution is -2.41. The zero-order chi connectivity index (χ0) is 56.2. The molecule has 0 N–H and O–H groups in total. The lowest BCUT2D eigenvalue weighted by molar-refractivity contribution is -0.387. The van der Waals surface area contributed by atoms with E-state index < -0.39 is 116 Å². The monoisotopic (exact) mass is 1110 g/mol. The molecule has 412 valence electrons. The van der Waals surface area contributed by atoms with Gasteiger partial charge in [0.15, 0.2) is 4.90 Å². The molecule has 2 aliphatic rings. The number of sulfonamides is 1. The van der Waals surface area contributed by atoms with Gasteiger partial charge in [0.05, 0.1) is 17.4 Å². The number of carbonyl (C=O) groups excluding carboxylic acids is 3. The summed E-state index contributed by atoms with van der Waals surface area (Å²) in [6.45, 7) is -1.38. The lowest BCUT2D eigenvalue weighted by Gasteiger charge is -2.34. The van der Waals surface area contributed by atoms with Crippen LogP contribution in [0.3, 0.4) is 0 Å². The van der Waals surface area contributed by atoms with Crippen molar-refractivity contribution in [2.45, 2.75) is 68.3 Å². The maximum absolute atomic E-state index is 15.7. The molecule has 0 fully saturated rings. The summed E-state index contributed by atoms with van der Waals surface area (Å²) in [7, 11) is -4.71. The Kier molecular flexibility index (Phi) is 18.4. The van der Waals surface area contributed by atoms with Gasteiger partial charge in [-0.3, -0.25) is 19.7 Å². The predicted octanol–water partition coefficient (Wildman–Crippen LogP) is 11.2. The number of hydrogen-bond donors (Lipinski definition) is 0. The molecule has 8 rings (SSSR count). The number of esters is 1. The summed E-state index contributed by atoms with van der Waals surface area (Å²) in [6, 6.07) is 31.9. The molecule has 24 heteroatoms. The van der Waals surface area contributed by atoms with Gasteiger partial charge in [0, 0.05) is 55.8 Å². The second-order valence-corrected chi connectivity index (χ2v) is 20.2. The van der Waals surface area contributed by atoms with Crippen LogP contribution in [0.4, 0.5) is 32.4 Å². The molecule has 2 amide bonds. The lowest BCUT2D eigenvalue weighted by atomic mass is 9.84. The molecule has 0 saturated carbocycles. The number of benzene rings is 6. The van der Waals surface area contributed by atoms with Crippen LogP contribution >= 0.6 is 0 Å². The Bertz CT molecular complexity index is 3330. The Balaban J connectivity index is 1.28. The fourth-order valence-electron chi connectivity index (χ4n) is 9.44. The van der Waals surface area contributed by atoms with E-state index >= 15 is 13.6 Å². The molecule has 0 aliphatic carbocycles. The molecule has 0 spiro atoms. The van der Waals surface area contributed by atoms with E-state index in [9.17, 15) is 41.3 Å². The minimum absolute atomic E-state index is 0.000442. The maximum atomic E-state index is 15.7. The van der Waals surface area contributed by atoms with E-state index in [1.54, 1.807) is 54.6 Å². The van der Waals surface area contributed by atoms with Crippen molar-refractivity contribution in [2.24, 2.45) is 5.11 Å². The normalized spacial score (nSPS) is 17.1. The van der Waals surface area contributed by atoms with Crippen molar-refractivity contribution >= 4 is 33.7 Å². The number of nitro groups is 1. The van der Waals surface area contributed by atoms with Crippen molar-refractivity contribution < 1.29 is 68.6 Å². The Morgan fingerprint density at radius 2 is 1.38 bits per heavy atom. The van der Waals surface area contributed by atoms with Crippen LogP contribution in [-0.4, -0.2) is 84.7 Å². The fraction of sp³-hybridized carbons (Fsp3) is 0.291. The topological polar surface area (TPSA) is 224 Å². The molecule has 3 atom stereocenters. The average Bonchev–Trinajstić information content (AvgIpc) is 4.14. The molecule has 0 unspecified atom stereocenters. The molecular formula is C55H50F5N7O11S. The van der Waals surface area contributed by atoms with E-state index in [1.807, 2.05) is 30.3 Å². The molecule has 2 heterocycles. The maximum Gasteiger partial charge on any atom is 0.410 e. The van der Waals surface area contributed by atoms with Gasteiger partial charge in [0.25, 0.3) is 5.69 Å². The summed E-state index contributed by atoms with van der Waals surface area (Å²) >= 11 is 0. The highest BCUT2D eigenvalue weighted by atomic mass is 32.2. The van der Waals surface area contributed by atoms with Crippen molar-refractivity contribution in [2.75, 3.05) is 39.3 Å². The van der Waals surface area contributed by atoms with E-state index in [-0.39, 0.29) is 82.0 Å². The van der Waals surface area contributed by atoms with Gasteiger partial charge in [-0.15, -0.1) is 0 Å². The summed E-state index contributed by atoms with van der Waals surface area (Å²) in [4.78, 5) is 60.7. The third-order valence-electron chi connectivity index (χ3n) is 13.2. The standard InChI is InChI=1S/C55H50F5N7O11S/c56-47-48(57)50(59)53(51(60)49(47)58)78-44(68)32-41-39-18-11-20-42-45(39)46(52(77-42)37-22-24-38(25-23-37)75-33-35-14-3-1-4-15-35)54(69)64(28-12-26-62-63-61)27-9-10-29-65(79(73,74)43-21-8-7-19-40(43)67(71)72)30-13-31-66(41)55(70)76-34-36-16-5-2-6-17-36/h1-8,11,14-25,41,46,52H,9-10,12-13,26-34H2/t41-,46+,52-/m0/s1. The van der Waals surface area contributed by atoms with E-state index in [0.29, 0.717) is 16.9 Å². The SMILES string of the molecule is [N-]=[N+]=NCCCN1CCCCN(S(=O)(=O)c2ccccc2[N+](=O)[O-])CCCN(C(=O)OCc2ccccc2)[C@@H](CC(=O)Oc2c(F)c(F)c(F)c(F)c2F)c2cccc3c2[C@@H](C1=O)[C@H](c1ccc(OCc2ccccc2)cc1)O3. The molecule has 0 saturated heterocycles. The summed E-state index contributed by atoms with van der Waals surface area (Å²) in [5, 5.41) is 15.8. The highest BCUT2D eigenvalue weighted by molar-refractivity contribution is 7.89. The molecule has 18 nitrogen and oxygen atoms in total. The number of ether oxygens (including phenoxy) is 4. The minimum atomic E-state index is -4.71. The first-order chi connectivity index (χ1) is 38.1. The Morgan fingerprint density at radius 1 is 0.759 bits per heavy atom. The van der Waals surface area contributed by atoms with Crippen LogP contribution in [0, 0.1) is 39.2 Å². The Labute approximate surface area is 449 Å². The predicted molar refractivity (Wildman–Crippen MR) is 273 cm³/mol. The van der Waals surface area contributed by atoms with Gasteiger partial charge in [-0.1, -0.05) is 102 Å². The van der Waals surface area contributed by atoms with Gasteiger partial charge in [-0.25, -0.2) is 26.4 Å². The van der Waals surface area contributed by atoms with Crippen molar-refractivity contribution in [3.8, 4) is 17.2 Å². The smallest absolute Gasteiger partial charge is 0.410 e. The molecule has 0 radical (unpaired) electrons. The largest absolute Gasteiger partial charge is 0.489 e. The first-order valence-corrected chi connectivity index (χ1v) is 26.3. The second-order valence-electron chi connectivity index (χ2n) is 18.3. The number of hydrogen-bond acceptors (Lipinski definition) is 12. The van der Waals surface area contributed by atoms with Crippen LogP contribution in [0.5, 0.6) is 17.2 Å². The van der Waals surface area contributed by atoms with Crippen LogP contribution in [-0.2, 0) is 37.6 Å². The highest BCUT2D eigenvalue weighted by Gasteiger charge is 2.46. The molecule has 79 heavy (non-hydrogen) atoms. The van der Waals surface area contributed by atoms with Gasteiger partial charge in [0.2, 0.25) is 50.8 Å². The van der Waals surface area contributed by atoms with Gasteiger partial charge in [-0.2, -0.15) is 13.1 Å². The van der Waals surface area contributed by atoms with Crippen LogP contribution in [0.2, 0.25) is 0 Å². The van der Waals surface area contributed by atoms with E-state index in [4.69, 9.17) is 24.5 Å². The minimum Gasteiger partial charge on any atom is -0.489 e. The Morgan fingerprint density at radius 3 is 2.05 bits per heavy atom. The summed E-state index contributed by atoms with van der Waals surface area (Å²) in [5.74, 6) is -17.2. The molecular weight excluding hydrogens is 1060 g/mol. The number of halogens is 5. The quantitative estimate of drug-likeness (QED) is 0.00757. The molecule has 0 bridgehead atoms. The molecule has 2 aliphatic heterocycles. The van der Waals surface area contributed by atoms with Gasteiger partial charge in [0.1, 0.15) is 36.7 Å². The zero-order valence-electron chi connectivity index (χ0n) is 42.0. The van der Waals surface area contributed by atoms with Crippen molar-refractivity contribution in [1.82, 2.24) is 14.1 Å². The number of nitrogens with zero attached hydrogens (tertiary/aromatic N) is 7. The zero-order valence-corrected chi connectivity index (χ0v) is 42.8. The second kappa shape index (κ2) is 25.7. The van der Waals surface area contributed by atoms with Crippen molar-refractivity contribution in [3.63, 3.8) is 0 Å². The fourth-order valence-corrected chi connectivity index (χ4v) is 11.1. The summed E-state index contributed by atoms with van der Waals surface area (Å²) in [5.41, 5.74) is 10.4. The number of amides is 2. The van der Waals surface area contributed by atoms with Crippen molar-refractivity contribution in [3.05, 3.63) is 205 Å². The van der Waals surface area contributed by atoms with Crippen LogP contribution in [0.1, 0.15) is 78.0 Å². The third-order valence-corrected chi connectivity index (χ3v) is 15.2. The van der Waals surface area contributed by atoms with Crippen LogP contribution < -0.4 is 14.2 Å². The summed E-state index contributed by atoms with van der Waals surface area (Å²) < 4.78 is 127. The number of para-hydroxylation sites is 1. The highest BCUT2D eigenvalue weighted by Crippen LogP contribution is 2.51. The number of azide groups is 1. The van der Waals surface area contributed by atoms with E-state index in [2.05, 4.69) is 10.0 Å². The van der Waals surface area contributed by atoms with Crippen LogP contribution in [0.15, 0.2) is 137 Å². The van der Waals surface area contributed by atoms with Gasteiger partial charge < -0.3 is 28.7 Å². The third kappa shape index (κ3) is 13.1. The number of carbonyl (C=O) groups is 3. The van der Waals surface area contributed by atoms with Crippen molar-refractivity contribution in [1.29, 1.82) is 0 Å². The molecule has 6 aromatic carbocycles. The molecule has 0 aromatic heterocycles. The van der Waals surface area contributed by atoms with Crippen LogP contribution in [0.25, 0.3) is 10.4 Å². The first kappa shape index (κ1) is 56.6. The van der Waals surface area contributed by atoms with E-state index in [0.717, 1.165) is 26.9 Å². The first-order valence-electron chi connectivity index (χ1n) is 24.9. The molecule has 6 aromatic rings. The van der Waals surface area contributed by atoms with Gasteiger partial charge >= 0.3 is 12.1 Å². The number of rotatable bonds is 16. The summed E-state index contributed by atoms with van der Waals surface area (Å²) in [6.07, 6.45) is -3.29.